The Morgan fingerprint density at radius 2 is 1.92 bits per heavy atom. The van der Waals surface area contributed by atoms with E-state index in [0.29, 0.717) is 21.4 Å². The van der Waals surface area contributed by atoms with Crippen LogP contribution in [0.5, 0.6) is 0 Å². The van der Waals surface area contributed by atoms with Gasteiger partial charge < -0.3 is 14.6 Å². The first-order valence-corrected chi connectivity index (χ1v) is 9.20. The number of benzene rings is 2. The van der Waals surface area contributed by atoms with E-state index in [9.17, 15) is 4.21 Å². The topological polar surface area (TPSA) is 95.2 Å². The van der Waals surface area contributed by atoms with Gasteiger partial charge in [0.1, 0.15) is 5.58 Å². The van der Waals surface area contributed by atoms with Crippen LogP contribution in [0.15, 0.2) is 56.4 Å². The molecule has 2 N–H and O–H groups in total. The minimum atomic E-state index is -1.14. The van der Waals surface area contributed by atoms with Crippen LogP contribution in [0.4, 0.5) is 6.01 Å². The Morgan fingerprint density at radius 1 is 1.12 bits per heavy atom. The van der Waals surface area contributed by atoms with Gasteiger partial charge in [0.15, 0.2) is 0 Å². The molecule has 1 unspecified atom stereocenters. The summed E-state index contributed by atoms with van der Waals surface area (Å²) in [5.41, 5.74) is 8.65. The molecule has 0 amide bonds. The SMILES string of the molecule is CS(=O)c1ccc(-c2coc3ccc(-c4nnc(N)o4)cc23)cc1Cl. The molecule has 0 radical (unpaired) electrons. The second-order valence-electron chi connectivity index (χ2n) is 5.41. The zero-order valence-corrected chi connectivity index (χ0v) is 14.6. The van der Waals surface area contributed by atoms with Crippen molar-refractivity contribution < 1.29 is 13.0 Å². The average molecular weight is 374 g/mol. The quantitative estimate of drug-likeness (QED) is 0.580. The van der Waals surface area contributed by atoms with E-state index >= 15 is 0 Å². The molecule has 1 atom stereocenters. The third-order valence-corrected chi connectivity index (χ3v) is 5.21. The van der Waals surface area contributed by atoms with Crippen molar-refractivity contribution in [1.82, 2.24) is 10.2 Å². The Bertz CT molecular complexity index is 1120. The minimum Gasteiger partial charge on any atom is -0.464 e. The van der Waals surface area contributed by atoms with Gasteiger partial charge in [-0.15, -0.1) is 5.10 Å². The molecule has 2 aromatic carbocycles. The third kappa shape index (κ3) is 2.81. The number of halogens is 1. The summed E-state index contributed by atoms with van der Waals surface area (Å²) >= 11 is 6.25. The summed E-state index contributed by atoms with van der Waals surface area (Å²) < 4.78 is 22.5. The summed E-state index contributed by atoms with van der Waals surface area (Å²) in [5, 5.41) is 8.89. The van der Waals surface area contributed by atoms with E-state index in [2.05, 4.69) is 10.2 Å². The monoisotopic (exact) mass is 373 g/mol. The van der Waals surface area contributed by atoms with E-state index < -0.39 is 10.8 Å². The number of anilines is 1. The fourth-order valence-electron chi connectivity index (χ4n) is 2.64. The first-order valence-electron chi connectivity index (χ1n) is 7.27. The molecule has 4 aromatic rings. The zero-order chi connectivity index (χ0) is 17.6. The first-order chi connectivity index (χ1) is 12.0. The van der Waals surface area contributed by atoms with Gasteiger partial charge in [0, 0.05) is 22.8 Å². The Labute approximate surface area is 150 Å². The maximum atomic E-state index is 11.7. The van der Waals surface area contributed by atoms with Crippen molar-refractivity contribution in [2.75, 3.05) is 12.0 Å². The van der Waals surface area contributed by atoms with Gasteiger partial charge >= 0.3 is 6.01 Å². The fourth-order valence-corrected chi connectivity index (χ4v) is 3.74. The van der Waals surface area contributed by atoms with Crippen LogP contribution in [-0.2, 0) is 10.8 Å². The van der Waals surface area contributed by atoms with Gasteiger partial charge in [-0.3, -0.25) is 4.21 Å². The van der Waals surface area contributed by atoms with Crippen molar-refractivity contribution in [3.8, 4) is 22.6 Å². The summed E-state index contributed by atoms with van der Waals surface area (Å²) in [6.45, 7) is 0. The van der Waals surface area contributed by atoms with E-state index in [0.717, 1.165) is 22.1 Å². The van der Waals surface area contributed by atoms with E-state index in [1.54, 1.807) is 24.7 Å². The Hall–Kier alpha value is -2.64. The molecule has 0 saturated carbocycles. The lowest BCUT2D eigenvalue weighted by molar-refractivity contribution is 0.590. The van der Waals surface area contributed by atoms with Gasteiger partial charge in [-0.25, -0.2) is 0 Å². The molecule has 2 heterocycles. The van der Waals surface area contributed by atoms with Gasteiger partial charge in [-0.05, 0) is 35.9 Å². The summed E-state index contributed by atoms with van der Waals surface area (Å²) in [4.78, 5) is 0.597. The molecule has 4 rings (SSSR count). The molecule has 8 heteroatoms. The third-order valence-electron chi connectivity index (χ3n) is 3.81. The summed E-state index contributed by atoms with van der Waals surface area (Å²) in [6, 6.07) is 10.9. The molecule has 25 heavy (non-hydrogen) atoms. The van der Waals surface area contributed by atoms with Gasteiger partial charge in [0.25, 0.3) is 0 Å². The molecule has 6 nitrogen and oxygen atoms in total. The highest BCUT2D eigenvalue weighted by atomic mass is 35.5. The second-order valence-corrected chi connectivity index (χ2v) is 7.16. The predicted molar refractivity (Wildman–Crippen MR) is 96.7 cm³/mol. The van der Waals surface area contributed by atoms with Gasteiger partial charge in [0.05, 0.1) is 27.0 Å². The minimum absolute atomic E-state index is 0.0115. The van der Waals surface area contributed by atoms with Crippen LogP contribution in [0.1, 0.15) is 0 Å². The largest absolute Gasteiger partial charge is 0.464 e. The molecular weight excluding hydrogens is 362 g/mol. The van der Waals surface area contributed by atoms with Gasteiger partial charge in [-0.1, -0.05) is 22.8 Å². The number of furan rings is 1. The number of rotatable bonds is 3. The molecule has 126 valence electrons. The van der Waals surface area contributed by atoms with Crippen molar-refractivity contribution in [2.24, 2.45) is 0 Å². The van der Waals surface area contributed by atoms with Gasteiger partial charge in [0.2, 0.25) is 5.89 Å². The number of nitrogens with two attached hydrogens (primary N) is 1. The Morgan fingerprint density at radius 3 is 2.60 bits per heavy atom. The smallest absolute Gasteiger partial charge is 0.313 e. The van der Waals surface area contributed by atoms with Crippen LogP contribution in [0.25, 0.3) is 33.6 Å². The highest BCUT2D eigenvalue weighted by Crippen LogP contribution is 2.35. The van der Waals surface area contributed by atoms with Crippen LogP contribution < -0.4 is 5.73 Å². The number of hydrogen-bond acceptors (Lipinski definition) is 6. The molecule has 0 fully saturated rings. The second kappa shape index (κ2) is 6.02. The number of nitrogens with zero attached hydrogens (tertiary/aromatic N) is 2. The van der Waals surface area contributed by atoms with Crippen molar-refractivity contribution in [2.45, 2.75) is 4.90 Å². The van der Waals surface area contributed by atoms with Crippen LogP contribution in [0.2, 0.25) is 5.02 Å². The molecule has 0 aliphatic rings. The van der Waals surface area contributed by atoms with Crippen molar-refractivity contribution >= 4 is 39.4 Å². The average Bonchev–Trinajstić information content (AvgIpc) is 3.20. The molecule has 0 saturated heterocycles. The van der Waals surface area contributed by atoms with Crippen LogP contribution in [0, 0.1) is 0 Å². The number of aromatic nitrogens is 2. The van der Waals surface area contributed by atoms with Crippen LogP contribution >= 0.6 is 11.6 Å². The summed E-state index contributed by atoms with van der Waals surface area (Å²) in [7, 11) is -1.14. The van der Waals surface area contributed by atoms with Crippen LogP contribution in [0.3, 0.4) is 0 Å². The maximum absolute atomic E-state index is 11.7. The van der Waals surface area contributed by atoms with E-state index in [4.69, 9.17) is 26.2 Å². The maximum Gasteiger partial charge on any atom is 0.313 e. The van der Waals surface area contributed by atoms with E-state index in [-0.39, 0.29) is 6.01 Å². The molecule has 0 aliphatic heterocycles. The lowest BCUT2D eigenvalue weighted by Crippen LogP contribution is -1.89. The van der Waals surface area contributed by atoms with Crippen LogP contribution in [-0.4, -0.2) is 20.7 Å². The Kier molecular flexibility index (Phi) is 3.82. The molecule has 0 aliphatic carbocycles. The molecule has 2 aromatic heterocycles. The Balaban J connectivity index is 1.85. The summed E-state index contributed by atoms with van der Waals surface area (Å²) in [5.74, 6) is 0.335. The standard InChI is InChI=1S/C17H12ClN3O3S/c1-25(22)15-5-3-9(7-13(15)18)12-8-23-14-4-2-10(6-11(12)14)16-20-21-17(19)24-16/h2-8H,1H3,(H2,19,21). The van der Waals surface area contributed by atoms with E-state index in [1.165, 1.54) is 0 Å². The fraction of sp³-hybridized carbons (Fsp3) is 0.0588. The molecular formula is C17H12ClN3O3S. The lowest BCUT2D eigenvalue weighted by Gasteiger charge is -2.04. The molecule has 0 spiro atoms. The van der Waals surface area contributed by atoms with E-state index in [1.807, 2.05) is 24.3 Å². The lowest BCUT2D eigenvalue weighted by atomic mass is 10.0. The number of nitrogen functional groups attached to an aromatic ring is 1. The number of hydrogen-bond donors (Lipinski definition) is 1. The first kappa shape index (κ1) is 15.9. The predicted octanol–water partition coefficient (Wildman–Crippen LogP) is 4.12. The zero-order valence-electron chi connectivity index (χ0n) is 13.0. The normalized spacial score (nSPS) is 12.6. The van der Waals surface area contributed by atoms with Crippen molar-refractivity contribution in [3.05, 3.63) is 47.7 Å². The summed E-state index contributed by atoms with van der Waals surface area (Å²) in [6.07, 6.45) is 3.25. The van der Waals surface area contributed by atoms with Crippen molar-refractivity contribution in [1.29, 1.82) is 0 Å². The highest BCUT2D eigenvalue weighted by molar-refractivity contribution is 7.84. The van der Waals surface area contributed by atoms with Crippen molar-refractivity contribution in [3.63, 3.8) is 0 Å². The van der Waals surface area contributed by atoms with Gasteiger partial charge in [-0.2, -0.15) is 0 Å². The molecule has 0 bridgehead atoms. The highest BCUT2D eigenvalue weighted by Gasteiger charge is 2.14. The number of fused-ring (bicyclic) bond motifs is 1.